The first-order chi connectivity index (χ1) is 58.8. The Balaban J connectivity index is 0.000000130. The molecule has 0 fully saturated rings. The molecule has 6 heteroatoms. The molecule has 0 N–H and O–H groups in total. The molecular formula is C113H70N4O2. The first-order valence-corrected chi connectivity index (χ1v) is 41.2. The Morgan fingerprint density at radius 1 is 0.210 bits per heavy atom. The lowest BCUT2D eigenvalue weighted by Gasteiger charge is -2.28. The molecule has 0 unspecified atom stereocenters. The van der Waals surface area contributed by atoms with Gasteiger partial charge in [-0.05, 0) is 256 Å². The van der Waals surface area contributed by atoms with Gasteiger partial charge < -0.3 is 27.4 Å². The molecule has 0 atom stereocenters. The lowest BCUT2D eigenvalue weighted by atomic mass is 9.82. The summed E-state index contributed by atoms with van der Waals surface area (Å²) in [6.45, 7) is 4.70. The number of hydrogen-bond donors (Lipinski definition) is 0. The molecule has 0 amide bonds. The van der Waals surface area contributed by atoms with Crippen LogP contribution >= 0.6 is 0 Å². The largest absolute Gasteiger partial charge is 0.456 e. The standard InChI is InChI=1S/C61H40N2O.C52H30N2O/c1-61(2)52-19-8-6-15-44(52)45-32-31-43(34-53(45)61)62(40-13-4-3-5-14-40)41-27-22-37(23-28-41)38-24-29-42(30-25-38)63-54-20-11-18-48-50-36-57-51(46-16-7-9-21-56(46)64-57)35-49(50)47-17-10-12-39-26-33-55(63)60(58(39)47)59(48)54;1-4-15-44-36(10-1)37-11-2-5-16-45(37)53(44)34-24-19-31(20-25-34)32-21-26-35(27-22-32)54-46-17-8-14-40-42-30-49-43(38-12-3-6-18-48(38)55-49)29-41(42)39-13-7-9-33-23-28-47(54)52(50(33)39)51(40)46/h3-36H,1-2H3;1-30H. The Bertz CT molecular complexity index is 8430. The van der Waals surface area contributed by atoms with Crippen LogP contribution in [0, 0.1) is 0 Å². The Morgan fingerprint density at radius 3 is 1.08 bits per heavy atom. The van der Waals surface area contributed by atoms with Crippen molar-refractivity contribution < 1.29 is 8.83 Å². The molecule has 554 valence electrons. The molecule has 0 saturated carbocycles. The maximum atomic E-state index is 6.48. The van der Waals surface area contributed by atoms with Crippen LogP contribution in [0.2, 0.25) is 0 Å². The average Bonchev–Trinajstić information content (AvgIpc) is 1.54. The number of rotatable bonds is 8. The molecule has 6 nitrogen and oxygen atoms in total. The predicted molar refractivity (Wildman–Crippen MR) is 497 cm³/mol. The normalized spacial score (nSPS) is 12.9. The summed E-state index contributed by atoms with van der Waals surface area (Å²) in [6.07, 6.45) is 0. The molecule has 0 radical (unpaired) electrons. The summed E-state index contributed by atoms with van der Waals surface area (Å²) < 4.78 is 20.2. The molecule has 0 bridgehead atoms. The summed E-state index contributed by atoms with van der Waals surface area (Å²) in [5, 5.41) is 17.5. The first kappa shape index (κ1) is 65.9. The lowest BCUT2D eigenvalue weighted by molar-refractivity contribution is 0.660. The minimum Gasteiger partial charge on any atom is -0.456 e. The van der Waals surface area contributed by atoms with E-state index in [9.17, 15) is 0 Å². The summed E-state index contributed by atoms with van der Waals surface area (Å²) in [4.78, 5) is 2.38. The highest BCUT2D eigenvalue weighted by molar-refractivity contribution is 6.33. The van der Waals surface area contributed by atoms with Crippen LogP contribution in [0.4, 0.5) is 17.1 Å². The van der Waals surface area contributed by atoms with Crippen molar-refractivity contribution in [3.05, 3.63) is 399 Å². The maximum absolute atomic E-state index is 6.48. The summed E-state index contributed by atoms with van der Waals surface area (Å²) in [7, 11) is 0. The highest BCUT2D eigenvalue weighted by atomic mass is 16.3. The van der Waals surface area contributed by atoms with E-state index in [1.807, 2.05) is 12.1 Å². The van der Waals surface area contributed by atoms with Gasteiger partial charge in [-0.25, -0.2) is 0 Å². The molecule has 119 heavy (non-hydrogen) atoms. The summed E-state index contributed by atoms with van der Waals surface area (Å²) in [5.74, 6) is 0. The maximum Gasteiger partial charge on any atom is 0.136 e. The second kappa shape index (κ2) is 24.8. The van der Waals surface area contributed by atoms with Gasteiger partial charge in [0.1, 0.15) is 22.3 Å². The van der Waals surface area contributed by atoms with Gasteiger partial charge in [-0.1, -0.05) is 257 Å². The van der Waals surface area contributed by atoms with Gasteiger partial charge in [0.25, 0.3) is 0 Å². The van der Waals surface area contributed by atoms with Crippen LogP contribution in [0.5, 0.6) is 0 Å². The van der Waals surface area contributed by atoms with E-state index in [1.165, 1.54) is 176 Å². The topological polar surface area (TPSA) is 44.3 Å². The second-order valence-corrected chi connectivity index (χ2v) is 32.9. The Kier molecular flexibility index (Phi) is 13.7. The quantitative estimate of drug-likeness (QED) is 0.152. The monoisotopic (exact) mass is 1510 g/mol. The van der Waals surface area contributed by atoms with Gasteiger partial charge in [0, 0.05) is 93.4 Å². The molecule has 0 saturated heterocycles. The van der Waals surface area contributed by atoms with Crippen molar-refractivity contribution >= 4 is 148 Å². The zero-order chi connectivity index (χ0) is 78.0. The van der Waals surface area contributed by atoms with Gasteiger partial charge in [0.05, 0.1) is 33.1 Å². The van der Waals surface area contributed by atoms with Crippen LogP contribution in [-0.4, -0.2) is 13.7 Å². The summed E-state index contributed by atoms with van der Waals surface area (Å²) in [5.41, 5.74) is 37.8. The number of fused-ring (bicyclic) bond motifs is 18. The van der Waals surface area contributed by atoms with Crippen molar-refractivity contribution in [2.75, 3.05) is 4.90 Å². The minimum absolute atomic E-state index is 0.0806. The zero-order valence-corrected chi connectivity index (χ0v) is 65.1. The van der Waals surface area contributed by atoms with E-state index in [2.05, 4.69) is 409 Å². The van der Waals surface area contributed by atoms with Crippen LogP contribution in [0.1, 0.15) is 25.0 Å². The van der Waals surface area contributed by atoms with Gasteiger partial charge in [-0.2, -0.15) is 0 Å². The van der Waals surface area contributed by atoms with Gasteiger partial charge >= 0.3 is 0 Å². The van der Waals surface area contributed by atoms with E-state index >= 15 is 0 Å². The van der Waals surface area contributed by atoms with Crippen molar-refractivity contribution in [1.82, 2.24) is 13.7 Å². The van der Waals surface area contributed by atoms with E-state index in [0.717, 1.165) is 78.0 Å². The fourth-order valence-corrected chi connectivity index (χ4v) is 21.0. The van der Waals surface area contributed by atoms with E-state index in [1.54, 1.807) is 0 Å². The third-order valence-electron chi connectivity index (χ3n) is 26.4. The van der Waals surface area contributed by atoms with Crippen molar-refractivity contribution in [3.63, 3.8) is 0 Å². The summed E-state index contributed by atoms with van der Waals surface area (Å²) >= 11 is 0. The van der Waals surface area contributed by atoms with Crippen molar-refractivity contribution in [3.8, 4) is 95.0 Å². The van der Waals surface area contributed by atoms with Gasteiger partial charge in [0.15, 0.2) is 0 Å². The Labute approximate surface area is 684 Å². The molecule has 19 aromatic carbocycles. The number of nitrogens with zero attached hydrogens (tertiary/aromatic N) is 4. The number of benzene rings is 19. The van der Waals surface area contributed by atoms with Crippen molar-refractivity contribution in [1.29, 1.82) is 0 Å². The third kappa shape index (κ3) is 9.48. The molecule has 27 rings (SSSR count). The second-order valence-electron chi connectivity index (χ2n) is 32.9. The third-order valence-corrected chi connectivity index (χ3v) is 26.4. The predicted octanol–water partition coefficient (Wildman–Crippen LogP) is 31.2. The van der Waals surface area contributed by atoms with Crippen molar-refractivity contribution in [2.24, 2.45) is 0 Å². The van der Waals surface area contributed by atoms with Crippen LogP contribution in [0.3, 0.4) is 0 Å². The number of aromatic nitrogens is 3. The molecule has 24 aromatic rings. The molecule has 5 heterocycles. The molecule has 3 aliphatic rings. The SMILES string of the molecule is CC1(C)c2ccccc2-c2ccc(N(c3ccccc3)c3ccc(-c4ccc(-n5c6cccc7c6c6c8c(cccc8ccc65)-c5cc6c(cc5-7)oc5ccccc56)cc4)cc3)cc21.c1cc2c3c(c1)ccc1c3c3c(cccc3n1-c1ccc(-c3ccc(-n4c5ccccc5c5ccccc54)cc3)cc1)-c1cc3oc4ccccc4c3cc1-2. The van der Waals surface area contributed by atoms with E-state index in [0.29, 0.717) is 0 Å². The highest BCUT2D eigenvalue weighted by Gasteiger charge is 2.37. The molecule has 3 aliphatic carbocycles. The number of hydrogen-bond acceptors (Lipinski definition) is 3. The smallest absolute Gasteiger partial charge is 0.136 e. The van der Waals surface area contributed by atoms with Crippen LogP contribution in [0.15, 0.2) is 397 Å². The number of anilines is 3. The minimum atomic E-state index is -0.0806. The number of para-hydroxylation sites is 5. The van der Waals surface area contributed by atoms with Gasteiger partial charge in [0.2, 0.25) is 0 Å². The van der Waals surface area contributed by atoms with Crippen LogP contribution in [-0.2, 0) is 5.41 Å². The average molecular weight is 1520 g/mol. The molecular weight excluding hydrogens is 1450 g/mol. The molecule has 0 aliphatic heterocycles. The Hall–Kier alpha value is -15.5. The fraction of sp³-hybridized carbons (Fsp3) is 0.0265. The van der Waals surface area contributed by atoms with Crippen molar-refractivity contribution in [2.45, 2.75) is 19.3 Å². The van der Waals surface area contributed by atoms with E-state index in [4.69, 9.17) is 8.83 Å². The van der Waals surface area contributed by atoms with E-state index < -0.39 is 0 Å². The first-order valence-electron chi connectivity index (χ1n) is 41.2. The van der Waals surface area contributed by atoms with Crippen LogP contribution in [0.25, 0.3) is 226 Å². The fourth-order valence-electron chi connectivity index (χ4n) is 21.0. The Morgan fingerprint density at radius 2 is 0.571 bits per heavy atom. The molecule has 5 aromatic heterocycles. The van der Waals surface area contributed by atoms with Gasteiger partial charge in [-0.15, -0.1) is 0 Å². The van der Waals surface area contributed by atoms with Crippen LogP contribution < -0.4 is 4.90 Å². The van der Waals surface area contributed by atoms with E-state index in [-0.39, 0.29) is 5.41 Å². The zero-order valence-electron chi connectivity index (χ0n) is 65.1. The lowest BCUT2D eigenvalue weighted by Crippen LogP contribution is -2.16. The number of furan rings is 2. The van der Waals surface area contributed by atoms with Gasteiger partial charge in [-0.3, -0.25) is 0 Å². The highest BCUT2D eigenvalue weighted by Crippen LogP contribution is 2.56. The summed E-state index contributed by atoms with van der Waals surface area (Å²) in [6, 6.07) is 142. The molecule has 0 spiro atoms.